The quantitative estimate of drug-likeness (QED) is 0.713. The van der Waals surface area contributed by atoms with Gasteiger partial charge in [0.1, 0.15) is 5.60 Å². The Morgan fingerprint density at radius 3 is 2.50 bits per heavy atom. The minimum atomic E-state index is -1.69. The third-order valence-electron chi connectivity index (χ3n) is 3.07. The van der Waals surface area contributed by atoms with E-state index in [1.165, 1.54) is 0 Å². The highest BCUT2D eigenvalue weighted by atomic mass is 28.4. The molecule has 2 unspecified atom stereocenters. The molecule has 0 aromatic heterocycles. The molecule has 4 heteroatoms. The van der Waals surface area contributed by atoms with Crippen LogP contribution in [0.4, 0.5) is 0 Å². The van der Waals surface area contributed by atoms with Gasteiger partial charge in [0.15, 0.2) is 8.32 Å². The standard InChI is InChI=1S/C12H23NO2Si/c1-6-11(2)9-12(10-13,7-8-14-11)15-16(3,4)5/h6-9H2,1-5H3. The van der Waals surface area contributed by atoms with Gasteiger partial charge in [0.25, 0.3) is 0 Å². The highest BCUT2D eigenvalue weighted by Gasteiger charge is 2.45. The lowest BCUT2D eigenvalue weighted by Gasteiger charge is -2.44. The summed E-state index contributed by atoms with van der Waals surface area (Å²) in [6.45, 7) is 11.2. The zero-order valence-corrected chi connectivity index (χ0v) is 12.1. The molecule has 16 heavy (non-hydrogen) atoms. The van der Waals surface area contributed by atoms with Crippen molar-refractivity contribution in [2.45, 2.75) is 64.0 Å². The maximum absolute atomic E-state index is 9.42. The molecule has 0 spiro atoms. The predicted octanol–water partition coefficient (Wildman–Crippen LogP) is 3.08. The number of rotatable bonds is 3. The van der Waals surface area contributed by atoms with E-state index >= 15 is 0 Å². The molecule has 1 aliphatic rings. The van der Waals surface area contributed by atoms with E-state index in [9.17, 15) is 5.26 Å². The molecule has 0 amide bonds. The third kappa shape index (κ3) is 3.31. The Bertz CT molecular complexity index is 294. The average molecular weight is 241 g/mol. The molecule has 2 atom stereocenters. The van der Waals surface area contributed by atoms with Gasteiger partial charge in [0.2, 0.25) is 0 Å². The molecule has 0 N–H and O–H groups in total. The Morgan fingerprint density at radius 2 is 2.06 bits per heavy atom. The van der Waals surface area contributed by atoms with Gasteiger partial charge in [-0.2, -0.15) is 5.26 Å². The average Bonchev–Trinajstić information content (AvgIpc) is 2.15. The summed E-state index contributed by atoms with van der Waals surface area (Å²) in [5.41, 5.74) is -0.818. The van der Waals surface area contributed by atoms with E-state index in [0.29, 0.717) is 19.4 Å². The zero-order chi connectivity index (χ0) is 12.4. The second-order valence-corrected chi connectivity index (χ2v) is 10.3. The Labute approximate surface area is 99.9 Å². The van der Waals surface area contributed by atoms with Gasteiger partial charge in [-0.25, -0.2) is 0 Å². The molecule has 1 rings (SSSR count). The topological polar surface area (TPSA) is 42.2 Å². The molecule has 0 aromatic carbocycles. The molecule has 92 valence electrons. The molecule has 1 aliphatic heterocycles. The van der Waals surface area contributed by atoms with Crippen LogP contribution >= 0.6 is 0 Å². The molecule has 1 saturated heterocycles. The van der Waals surface area contributed by atoms with E-state index in [2.05, 4.69) is 39.6 Å². The fourth-order valence-corrected chi connectivity index (χ4v) is 3.62. The van der Waals surface area contributed by atoms with Gasteiger partial charge in [-0.15, -0.1) is 0 Å². The summed E-state index contributed by atoms with van der Waals surface area (Å²) in [6, 6.07) is 2.40. The number of nitriles is 1. The van der Waals surface area contributed by atoms with Gasteiger partial charge < -0.3 is 9.16 Å². The maximum atomic E-state index is 9.42. The first kappa shape index (κ1) is 13.7. The highest BCUT2D eigenvalue weighted by molar-refractivity contribution is 6.69. The summed E-state index contributed by atoms with van der Waals surface area (Å²) in [4.78, 5) is 0. The van der Waals surface area contributed by atoms with E-state index in [0.717, 1.165) is 6.42 Å². The Balaban J connectivity index is 2.85. The van der Waals surface area contributed by atoms with Crippen LogP contribution in [0.15, 0.2) is 0 Å². The largest absolute Gasteiger partial charge is 0.400 e. The van der Waals surface area contributed by atoms with Crippen LogP contribution in [0.3, 0.4) is 0 Å². The summed E-state index contributed by atoms with van der Waals surface area (Å²) in [5, 5.41) is 9.42. The zero-order valence-electron chi connectivity index (χ0n) is 11.1. The lowest BCUT2D eigenvalue weighted by atomic mass is 9.83. The van der Waals surface area contributed by atoms with Crippen molar-refractivity contribution >= 4 is 8.32 Å². The van der Waals surface area contributed by atoms with Gasteiger partial charge in [-0.1, -0.05) is 6.92 Å². The fraction of sp³-hybridized carbons (Fsp3) is 0.917. The second kappa shape index (κ2) is 4.48. The molecular weight excluding hydrogens is 218 g/mol. The summed E-state index contributed by atoms with van der Waals surface area (Å²) >= 11 is 0. The van der Waals surface area contributed by atoms with Gasteiger partial charge in [0, 0.05) is 12.8 Å². The maximum Gasteiger partial charge on any atom is 0.185 e. The van der Waals surface area contributed by atoms with Gasteiger partial charge in [-0.3, -0.25) is 0 Å². The van der Waals surface area contributed by atoms with E-state index in [4.69, 9.17) is 9.16 Å². The normalized spacial score (nSPS) is 35.8. The van der Waals surface area contributed by atoms with Crippen LogP contribution in [0.1, 0.15) is 33.1 Å². The van der Waals surface area contributed by atoms with Crippen molar-refractivity contribution in [1.82, 2.24) is 0 Å². The van der Waals surface area contributed by atoms with E-state index in [-0.39, 0.29) is 5.60 Å². The monoisotopic (exact) mass is 241 g/mol. The molecule has 0 bridgehead atoms. The summed E-state index contributed by atoms with van der Waals surface area (Å²) < 4.78 is 11.9. The molecule has 1 fully saturated rings. The molecule has 0 saturated carbocycles. The molecule has 1 heterocycles. The van der Waals surface area contributed by atoms with Crippen LogP contribution in [0.25, 0.3) is 0 Å². The van der Waals surface area contributed by atoms with Crippen LogP contribution in [0, 0.1) is 11.3 Å². The van der Waals surface area contributed by atoms with Crippen molar-refractivity contribution in [2.75, 3.05) is 6.61 Å². The fourth-order valence-electron chi connectivity index (χ4n) is 2.22. The minimum absolute atomic E-state index is 0.201. The molecule has 0 radical (unpaired) electrons. The number of ether oxygens (including phenoxy) is 1. The summed E-state index contributed by atoms with van der Waals surface area (Å²) in [6.07, 6.45) is 2.31. The van der Waals surface area contributed by atoms with Gasteiger partial charge in [0.05, 0.1) is 18.3 Å². The minimum Gasteiger partial charge on any atom is -0.400 e. The van der Waals surface area contributed by atoms with Crippen molar-refractivity contribution < 1.29 is 9.16 Å². The van der Waals surface area contributed by atoms with Crippen molar-refractivity contribution in [3.05, 3.63) is 0 Å². The summed E-state index contributed by atoms with van der Waals surface area (Å²) in [5.74, 6) is 0. The number of hydrogen-bond acceptors (Lipinski definition) is 3. The lowest BCUT2D eigenvalue weighted by Crippen LogP contribution is -2.52. The van der Waals surface area contributed by atoms with Crippen molar-refractivity contribution in [2.24, 2.45) is 0 Å². The first-order valence-electron chi connectivity index (χ1n) is 6.00. The SMILES string of the molecule is CCC1(C)CC(C#N)(O[Si](C)(C)C)CCO1. The van der Waals surface area contributed by atoms with E-state index < -0.39 is 13.9 Å². The van der Waals surface area contributed by atoms with Crippen molar-refractivity contribution in [3.8, 4) is 6.07 Å². The molecule has 0 aromatic rings. The van der Waals surface area contributed by atoms with Crippen molar-refractivity contribution in [3.63, 3.8) is 0 Å². The Hall–Kier alpha value is -0.373. The van der Waals surface area contributed by atoms with Crippen LogP contribution in [0.2, 0.25) is 19.6 Å². The number of hydrogen-bond donors (Lipinski definition) is 0. The first-order chi connectivity index (χ1) is 7.24. The molecule has 3 nitrogen and oxygen atoms in total. The molecular formula is C12H23NO2Si. The Morgan fingerprint density at radius 1 is 1.44 bits per heavy atom. The highest BCUT2D eigenvalue weighted by Crippen LogP contribution is 2.38. The van der Waals surface area contributed by atoms with Crippen LogP contribution in [-0.2, 0) is 9.16 Å². The van der Waals surface area contributed by atoms with Crippen LogP contribution < -0.4 is 0 Å². The van der Waals surface area contributed by atoms with Gasteiger partial charge in [-0.05, 0) is 33.0 Å². The third-order valence-corrected chi connectivity index (χ3v) is 4.07. The second-order valence-electron chi connectivity index (χ2n) is 5.90. The predicted molar refractivity (Wildman–Crippen MR) is 66.7 cm³/mol. The number of nitrogens with zero attached hydrogens (tertiary/aromatic N) is 1. The Kier molecular flexibility index (Phi) is 3.83. The van der Waals surface area contributed by atoms with Crippen LogP contribution in [0.5, 0.6) is 0 Å². The first-order valence-corrected chi connectivity index (χ1v) is 9.40. The smallest absolute Gasteiger partial charge is 0.185 e. The van der Waals surface area contributed by atoms with Crippen molar-refractivity contribution in [1.29, 1.82) is 5.26 Å². The summed E-state index contributed by atoms with van der Waals surface area (Å²) in [7, 11) is -1.69. The van der Waals surface area contributed by atoms with E-state index in [1.807, 2.05) is 0 Å². The van der Waals surface area contributed by atoms with Crippen LogP contribution in [-0.4, -0.2) is 26.1 Å². The van der Waals surface area contributed by atoms with Gasteiger partial charge >= 0.3 is 0 Å². The lowest BCUT2D eigenvalue weighted by molar-refractivity contribution is -0.126. The molecule has 0 aliphatic carbocycles. The van der Waals surface area contributed by atoms with E-state index in [1.54, 1.807) is 0 Å².